The van der Waals surface area contributed by atoms with Crippen LogP contribution in [0.4, 0.5) is 0 Å². The zero-order valence-electron chi connectivity index (χ0n) is 16.8. The maximum atomic E-state index is 12.0. The fourth-order valence-corrected chi connectivity index (χ4v) is 2.99. The standard InChI is InChI=1S/C20H38O7/c1-3-5-7-9-15(21)11-17(23)13-20(26)27-18(14-19(24)25)12-16(22)10-8-6-4-2/h15-18,21-23H,3-14H2,1-2H3,(H,24,25)/t15-,16-,17-,18-/m1/s1. The Morgan fingerprint density at radius 3 is 1.78 bits per heavy atom. The Bertz CT molecular complexity index is 400. The van der Waals surface area contributed by atoms with Gasteiger partial charge in [0.25, 0.3) is 0 Å². The molecule has 0 aromatic carbocycles. The van der Waals surface area contributed by atoms with E-state index in [9.17, 15) is 24.9 Å². The number of carbonyl (C=O) groups excluding carboxylic acids is 1. The lowest BCUT2D eigenvalue weighted by Gasteiger charge is -2.21. The summed E-state index contributed by atoms with van der Waals surface area (Å²) in [6, 6.07) is 0. The number of unbranched alkanes of at least 4 members (excludes halogenated alkanes) is 4. The van der Waals surface area contributed by atoms with E-state index >= 15 is 0 Å². The summed E-state index contributed by atoms with van der Waals surface area (Å²) in [6.45, 7) is 4.11. The fourth-order valence-electron chi connectivity index (χ4n) is 2.99. The van der Waals surface area contributed by atoms with Crippen molar-refractivity contribution in [3.63, 3.8) is 0 Å². The van der Waals surface area contributed by atoms with E-state index in [1.54, 1.807) is 0 Å². The van der Waals surface area contributed by atoms with Gasteiger partial charge in [-0.1, -0.05) is 52.4 Å². The van der Waals surface area contributed by atoms with Gasteiger partial charge in [0.2, 0.25) is 0 Å². The van der Waals surface area contributed by atoms with E-state index in [1.165, 1.54) is 0 Å². The molecule has 0 amide bonds. The van der Waals surface area contributed by atoms with Crippen molar-refractivity contribution in [2.75, 3.05) is 0 Å². The highest BCUT2D eigenvalue weighted by Crippen LogP contribution is 2.16. The lowest BCUT2D eigenvalue weighted by Crippen LogP contribution is -2.29. The average molecular weight is 391 g/mol. The van der Waals surface area contributed by atoms with Crippen molar-refractivity contribution in [1.29, 1.82) is 0 Å². The van der Waals surface area contributed by atoms with Crippen LogP contribution in [-0.4, -0.2) is 56.8 Å². The Labute approximate surface area is 162 Å². The average Bonchev–Trinajstić information content (AvgIpc) is 2.54. The minimum Gasteiger partial charge on any atom is -0.481 e. The molecule has 0 fully saturated rings. The van der Waals surface area contributed by atoms with Crippen molar-refractivity contribution in [3.8, 4) is 0 Å². The highest BCUT2D eigenvalue weighted by molar-refractivity contribution is 5.71. The molecule has 0 aliphatic heterocycles. The monoisotopic (exact) mass is 390 g/mol. The minimum atomic E-state index is -1.11. The second kappa shape index (κ2) is 15.8. The number of carboxylic acid groups (broad SMARTS) is 1. The molecule has 0 aromatic heterocycles. The number of carboxylic acids is 1. The van der Waals surface area contributed by atoms with Gasteiger partial charge in [-0.3, -0.25) is 9.59 Å². The van der Waals surface area contributed by atoms with Crippen LogP contribution in [0.15, 0.2) is 0 Å². The van der Waals surface area contributed by atoms with Crippen LogP contribution in [0.2, 0.25) is 0 Å². The van der Waals surface area contributed by atoms with Gasteiger partial charge in [0.15, 0.2) is 0 Å². The molecule has 4 atom stereocenters. The third-order valence-corrected chi connectivity index (χ3v) is 4.46. The normalized spacial score (nSPS) is 15.7. The molecule has 0 heterocycles. The number of aliphatic hydroxyl groups excluding tert-OH is 3. The summed E-state index contributed by atoms with van der Waals surface area (Å²) in [5, 5.41) is 38.8. The van der Waals surface area contributed by atoms with Crippen molar-refractivity contribution in [1.82, 2.24) is 0 Å². The molecular weight excluding hydrogens is 352 g/mol. The number of hydrogen-bond donors (Lipinski definition) is 4. The van der Waals surface area contributed by atoms with E-state index in [4.69, 9.17) is 9.84 Å². The second-order valence-corrected chi connectivity index (χ2v) is 7.34. The van der Waals surface area contributed by atoms with E-state index in [0.29, 0.717) is 12.8 Å². The van der Waals surface area contributed by atoms with Gasteiger partial charge in [-0.15, -0.1) is 0 Å². The molecule has 0 spiro atoms. The van der Waals surface area contributed by atoms with Gasteiger partial charge in [0.1, 0.15) is 6.10 Å². The molecule has 0 saturated carbocycles. The van der Waals surface area contributed by atoms with Crippen LogP contribution in [-0.2, 0) is 14.3 Å². The Hall–Kier alpha value is -1.18. The molecule has 4 N–H and O–H groups in total. The summed E-state index contributed by atoms with van der Waals surface area (Å²) in [7, 11) is 0. The predicted molar refractivity (Wildman–Crippen MR) is 102 cm³/mol. The number of esters is 1. The van der Waals surface area contributed by atoms with Crippen LogP contribution in [0.1, 0.15) is 90.9 Å². The molecule has 7 heteroatoms. The molecule has 0 aliphatic carbocycles. The molecular formula is C20H38O7. The molecule has 0 aliphatic rings. The molecule has 160 valence electrons. The third kappa shape index (κ3) is 15.6. The van der Waals surface area contributed by atoms with Gasteiger partial charge in [0, 0.05) is 6.42 Å². The van der Waals surface area contributed by atoms with E-state index in [2.05, 4.69) is 6.92 Å². The first kappa shape index (κ1) is 25.8. The SMILES string of the molecule is CCCCC[C@@H](O)C[C@@H](O)CC(=O)O[C@@H](CC(=O)O)C[C@H](O)CCCCC. The summed E-state index contributed by atoms with van der Waals surface area (Å²) in [5.74, 6) is -1.82. The van der Waals surface area contributed by atoms with Gasteiger partial charge >= 0.3 is 11.9 Å². The molecule has 27 heavy (non-hydrogen) atoms. The topological polar surface area (TPSA) is 124 Å². The summed E-state index contributed by atoms with van der Waals surface area (Å²) >= 11 is 0. The first-order valence-electron chi connectivity index (χ1n) is 10.2. The summed E-state index contributed by atoms with van der Waals surface area (Å²) in [6.07, 6.45) is 2.97. The number of carbonyl (C=O) groups is 2. The lowest BCUT2D eigenvalue weighted by atomic mass is 10.0. The zero-order valence-corrected chi connectivity index (χ0v) is 16.8. The minimum absolute atomic E-state index is 0.0670. The number of rotatable bonds is 17. The first-order valence-corrected chi connectivity index (χ1v) is 10.2. The Kier molecular flexibility index (Phi) is 15.1. The molecule has 0 rings (SSSR count). The van der Waals surface area contributed by atoms with Crippen LogP contribution in [0.25, 0.3) is 0 Å². The highest BCUT2D eigenvalue weighted by Gasteiger charge is 2.23. The van der Waals surface area contributed by atoms with E-state index in [0.717, 1.165) is 38.5 Å². The predicted octanol–water partition coefficient (Wildman–Crippen LogP) is 2.79. The summed E-state index contributed by atoms with van der Waals surface area (Å²) in [4.78, 5) is 23.0. The number of aliphatic carboxylic acids is 1. The number of hydrogen-bond acceptors (Lipinski definition) is 6. The Balaban J connectivity index is 4.34. The molecule has 0 unspecified atom stereocenters. The van der Waals surface area contributed by atoms with Crippen LogP contribution in [0.3, 0.4) is 0 Å². The van der Waals surface area contributed by atoms with Crippen LogP contribution in [0, 0.1) is 0 Å². The first-order chi connectivity index (χ1) is 12.8. The van der Waals surface area contributed by atoms with E-state index in [-0.39, 0.29) is 25.7 Å². The third-order valence-electron chi connectivity index (χ3n) is 4.46. The number of ether oxygens (including phenoxy) is 1. The summed E-state index contributed by atoms with van der Waals surface area (Å²) < 4.78 is 5.17. The van der Waals surface area contributed by atoms with Crippen LogP contribution in [0.5, 0.6) is 0 Å². The lowest BCUT2D eigenvalue weighted by molar-refractivity contribution is -0.156. The molecule has 7 nitrogen and oxygen atoms in total. The smallest absolute Gasteiger partial charge is 0.308 e. The zero-order chi connectivity index (χ0) is 20.7. The van der Waals surface area contributed by atoms with E-state index < -0.39 is 36.4 Å². The molecule has 0 bridgehead atoms. The van der Waals surface area contributed by atoms with Gasteiger partial charge in [-0.2, -0.15) is 0 Å². The Morgan fingerprint density at radius 1 is 0.778 bits per heavy atom. The van der Waals surface area contributed by atoms with Crippen LogP contribution < -0.4 is 0 Å². The maximum Gasteiger partial charge on any atom is 0.308 e. The molecule has 0 saturated heterocycles. The maximum absolute atomic E-state index is 12.0. The molecule has 0 radical (unpaired) electrons. The van der Waals surface area contributed by atoms with Gasteiger partial charge in [-0.25, -0.2) is 0 Å². The van der Waals surface area contributed by atoms with E-state index in [1.807, 2.05) is 6.92 Å². The van der Waals surface area contributed by atoms with Gasteiger partial charge < -0.3 is 25.2 Å². The van der Waals surface area contributed by atoms with Crippen molar-refractivity contribution in [2.45, 2.75) is 115 Å². The van der Waals surface area contributed by atoms with Crippen LogP contribution >= 0.6 is 0 Å². The van der Waals surface area contributed by atoms with Crippen molar-refractivity contribution in [2.24, 2.45) is 0 Å². The summed E-state index contributed by atoms with van der Waals surface area (Å²) in [5.41, 5.74) is 0. The number of aliphatic hydroxyl groups is 3. The quantitative estimate of drug-likeness (QED) is 0.222. The Morgan fingerprint density at radius 2 is 1.30 bits per heavy atom. The second-order valence-electron chi connectivity index (χ2n) is 7.34. The molecule has 0 aromatic rings. The van der Waals surface area contributed by atoms with Crippen molar-refractivity contribution in [3.05, 3.63) is 0 Å². The fraction of sp³-hybridized carbons (Fsp3) is 0.900. The highest BCUT2D eigenvalue weighted by atomic mass is 16.5. The van der Waals surface area contributed by atoms with Crippen molar-refractivity contribution >= 4 is 11.9 Å². The van der Waals surface area contributed by atoms with Crippen molar-refractivity contribution < 1.29 is 34.8 Å². The largest absolute Gasteiger partial charge is 0.481 e. The van der Waals surface area contributed by atoms with Gasteiger partial charge in [0.05, 0.1) is 31.2 Å². The van der Waals surface area contributed by atoms with Gasteiger partial charge in [-0.05, 0) is 19.3 Å².